The monoisotopic (exact) mass is 558 g/mol. The number of aliphatic imine (C=N–C) groups is 1. The quantitative estimate of drug-likeness (QED) is 0.210. The van der Waals surface area contributed by atoms with Crippen LogP contribution in [0.5, 0.6) is 0 Å². The topological polar surface area (TPSA) is 75.2 Å². The van der Waals surface area contributed by atoms with Crippen LogP contribution < -0.4 is 10.6 Å². The predicted octanol–water partition coefficient (Wildman–Crippen LogP) is 3.43. The minimum atomic E-state index is 0. The Morgan fingerprint density at radius 1 is 1.12 bits per heavy atom. The van der Waals surface area contributed by atoms with Crippen LogP contribution >= 0.6 is 24.0 Å². The first-order valence-corrected chi connectivity index (χ1v) is 11.7. The van der Waals surface area contributed by atoms with Crippen molar-refractivity contribution >= 4 is 35.8 Å². The van der Waals surface area contributed by atoms with E-state index in [0.29, 0.717) is 12.5 Å². The number of piperidine rings is 1. The number of nitrogens with one attached hydrogen (secondary N) is 2. The molecule has 0 saturated carbocycles. The molecule has 0 spiro atoms. The van der Waals surface area contributed by atoms with E-state index in [1.807, 2.05) is 29.2 Å². The molecule has 0 aliphatic carbocycles. The molecule has 7 nitrogen and oxygen atoms in total. The molecule has 0 atom stereocenters. The van der Waals surface area contributed by atoms with E-state index in [2.05, 4.69) is 15.6 Å². The lowest BCUT2D eigenvalue weighted by atomic mass is 10.0. The van der Waals surface area contributed by atoms with Gasteiger partial charge in [-0.25, -0.2) is 0 Å². The highest BCUT2D eigenvalue weighted by atomic mass is 127. The molecule has 0 radical (unpaired) electrons. The van der Waals surface area contributed by atoms with Gasteiger partial charge < -0.3 is 25.0 Å². The van der Waals surface area contributed by atoms with Crippen molar-refractivity contribution in [3.63, 3.8) is 0 Å². The molecule has 2 fully saturated rings. The van der Waals surface area contributed by atoms with Crippen LogP contribution in [-0.4, -0.2) is 69.9 Å². The smallest absolute Gasteiger partial charge is 0.253 e. The van der Waals surface area contributed by atoms with Gasteiger partial charge in [-0.2, -0.15) is 0 Å². The number of halogens is 1. The van der Waals surface area contributed by atoms with Crippen molar-refractivity contribution in [1.29, 1.82) is 0 Å². The van der Waals surface area contributed by atoms with Gasteiger partial charge in [0.15, 0.2) is 5.96 Å². The van der Waals surface area contributed by atoms with Crippen molar-refractivity contribution in [3.05, 3.63) is 35.4 Å². The lowest BCUT2D eigenvalue weighted by molar-refractivity contribution is 0.0203. The second kappa shape index (κ2) is 15.4. The summed E-state index contributed by atoms with van der Waals surface area (Å²) in [6.45, 7) is 6.58. The van der Waals surface area contributed by atoms with Gasteiger partial charge in [0, 0.05) is 65.2 Å². The number of carbonyl (C=O) groups is 1. The third-order valence-electron chi connectivity index (χ3n) is 5.98. The average molecular weight is 559 g/mol. The third kappa shape index (κ3) is 9.23. The Kier molecular flexibility index (Phi) is 13.0. The van der Waals surface area contributed by atoms with E-state index in [1.165, 1.54) is 6.42 Å². The van der Waals surface area contributed by atoms with Crippen LogP contribution in [-0.2, 0) is 16.0 Å². The molecule has 0 aromatic heterocycles. The van der Waals surface area contributed by atoms with Gasteiger partial charge in [0.05, 0.1) is 0 Å². The molecule has 0 bridgehead atoms. The fraction of sp³-hybridized carbons (Fsp3) is 0.667. The normalized spacial score (nSPS) is 17.5. The van der Waals surface area contributed by atoms with Gasteiger partial charge in [-0.3, -0.25) is 9.79 Å². The highest BCUT2D eigenvalue weighted by molar-refractivity contribution is 14.0. The molecule has 1 aromatic carbocycles. The fourth-order valence-electron chi connectivity index (χ4n) is 4.00. The van der Waals surface area contributed by atoms with E-state index < -0.39 is 0 Å². The maximum absolute atomic E-state index is 12.6. The Hall–Kier alpha value is -1.39. The number of benzene rings is 1. The summed E-state index contributed by atoms with van der Waals surface area (Å²) >= 11 is 0. The highest BCUT2D eigenvalue weighted by Crippen LogP contribution is 2.15. The summed E-state index contributed by atoms with van der Waals surface area (Å²) in [6, 6.07) is 7.89. The predicted molar refractivity (Wildman–Crippen MR) is 139 cm³/mol. The van der Waals surface area contributed by atoms with Crippen LogP contribution in [0.4, 0.5) is 0 Å². The second-order valence-corrected chi connectivity index (χ2v) is 8.39. The van der Waals surface area contributed by atoms with Crippen LogP contribution in [0.3, 0.4) is 0 Å². The zero-order valence-corrected chi connectivity index (χ0v) is 21.6. The number of hydrogen-bond donors (Lipinski definition) is 2. The minimum Gasteiger partial charge on any atom is -0.381 e. The third-order valence-corrected chi connectivity index (χ3v) is 5.98. The first-order chi connectivity index (χ1) is 15.3. The van der Waals surface area contributed by atoms with Crippen molar-refractivity contribution < 1.29 is 14.3 Å². The Bertz CT molecular complexity index is 687. The van der Waals surface area contributed by atoms with E-state index in [-0.39, 0.29) is 29.9 Å². The SMILES string of the molecule is CN=C(NCCCOCC1CCOCC1)NCc1ccc(C(=O)N2CCCCC2)cc1.I. The van der Waals surface area contributed by atoms with E-state index in [0.717, 1.165) is 95.3 Å². The molecule has 2 heterocycles. The number of amides is 1. The average Bonchev–Trinajstić information content (AvgIpc) is 2.84. The van der Waals surface area contributed by atoms with Crippen molar-refractivity contribution in [1.82, 2.24) is 15.5 Å². The molecule has 8 heteroatoms. The lowest BCUT2D eigenvalue weighted by Crippen LogP contribution is -2.37. The largest absolute Gasteiger partial charge is 0.381 e. The molecular weight excluding hydrogens is 519 g/mol. The summed E-state index contributed by atoms with van der Waals surface area (Å²) in [6.07, 6.45) is 6.62. The number of nitrogens with zero attached hydrogens (tertiary/aromatic N) is 2. The van der Waals surface area contributed by atoms with Crippen molar-refractivity contribution in [2.24, 2.45) is 10.9 Å². The second-order valence-electron chi connectivity index (χ2n) is 8.39. The number of carbonyl (C=O) groups excluding carboxylic acids is 1. The molecule has 3 rings (SSSR count). The number of hydrogen-bond acceptors (Lipinski definition) is 4. The summed E-state index contributed by atoms with van der Waals surface area (Å²) in [5, 5.41) is 6.66. The minimum absolute atomic E-state index is 0. The zero-order chi connectivity index (χ0) is 21.7. The van der Waals surface area contributed by atoms with E-state index in [9.17, 15) is 4.79 Å². The Morgan fingerprint density at radius 2 is 1.84 bits per heavy atom. The van der Waals surface area contributed by atoms with Crippen molar-refractivity contribution in [2.45, 2.75) is 45.1 Å². The Balaban J connectivity index is 0.00000363. The molecule has 2 N–H and O–H groups in total. The van der Waals surface area contributed by atoms with Crippen LogP contribution in [0, 0.1) is 5.92 Å². The summed E-state index contributed by atoms with van der Waals surface area (Å²) in [4.78, 5) is 18.8. The summed E-state index contributed by atoms with van der Waals surface area (Å²) in [5.74, 6) is 1.58. The van der Waals surface area contributed by atoms with Gasteiger partial charge in [0.2, 0.25) is 0 Å². The van der Waals surface area contributed by atoms with E-state index in [1.54, 1.807) is 7.05 Å². The van der Waals surface area contributed by atoms with Gasteiger partial charge >= 0.3 is 0 Å². The molecule has 32 heavy (non-hydrogen) atoms. The standard InChI is InChI=1S/C24H38N4O3.HI/c1-25-24(26-12-5-15-31-19-21-10-16-30-17-11-21)27-18-20-6-8-22(9-7-20)23(29)28-13-3-2-4-14-28;/h6-9,21H,2-5,10-19H2,1H3,(H2,25,26,27);1H. The highest BCUT2D eigenvalue weighted by Gasteiger charge is 2.18. The number of guanidine groups is 1. The van der Waals surface area contributed by atoms with Crippen LogP contribution in [0.15, 0.2) is 29.3 Å². The number of likely N-dealkylation sites (tertiary alicyclic amines) is 1. The molecule has 2 aliphatic heterocycles. The molecule has 2 aliphatic rings. The summed E-state index contributed by atoms with van der Waals surface area (Å²) < 4.78 is 11.2. The molecular formula is C24H39IN4O3. The maximum Gasteiger partial charge on any atom is 0.253 e. The van der Waals surface area contributed by atoms with E-state index in [4.69, 9.17) is 9.47 Å². The zero-order valence-electron chi connectivity index (χ0n) is 19.3. The van der Waals surface area contributed by atoms with Crippen molar-refractivity contribution in [2.75, 3.05) is 53.1 Å². The number of rotatable bonds is 9. The lowest BCUT2D eigenvalue weighted by Gasteiger charge is -2.26. The first-order valence-electron chi connectivity index (χ1n) is 11.7. The Morgan fingerprint density at radius 3 is 2.53 bits per heavy atom. The van der Waals surface area contributed by atoms with Gasteiger partial charge in [0.1, 0.15) is 0 Å². The van der Waals surface area contributed by atoms with Crippen LogP contribution in [0.2, 0.25) is 0 Å². The van der Waals surface area contributed by atoms with Gasteiger partial charge in [-0.1, -0.05) is 12.1 Å². The maximum atomic E-state index is 12.6. The van der Waals surface area contributed by atoms with Gasteiger partial charge in [-0.15, -0.1) is 24.0 Å². The summed E-state index contributed by atoms with van der Waals surface area (Å²) in [7, 11) is 1.78. The van der Waals surface area contributed by atoms with Crippen molar-refractivity contribution in [3.8, 4) is 0 Å². The van der Waals surface area contributed by atoms with Crippen LogP contribution in [0.25, 0.3) is 0 Å². The fourth-order valence-corrected chi connectivity index (χ4v) is 4.00. The van der Waals surface area contributed by atoms with Gasteiger partial charge in [0.25, 0.3) is 5.91 Å². The number of ether oxygens (including phenoxy) is 2. The molecule has 180 valence electrons. The molecule has 1 aromatic rings. The molecule has 2 saturated heterocycles. The van der Waals surface area contributed by atoms with Crippen LogP contribution in [0.1, 0.15) is 54.4 Å². The molecule has 1 amide bonds. The Labute approximate surface area is 209 Å². The molecule has 0 unspecified atom stereocenters. The first kappa shape index (κ1) is 26.9. The summed E-state index contributed by atoms with van der Waals surface area (Å²) in [5.41, 5.74) is 1.90. The van der Waals surface area contributed by atoms with Gasteiger partial charge in [-0.05, 0) is 62.1 Å². The van der Waals surface area contributed by atoms with E-state index >= 15 is 0 Å².